The molecule has 1 fully saturated rings. The molecule has 26 heavy (non-hydrogen) atoms. The van der Waals surface area contributed by atoms with Gasteiger partial charge in [0, 0.05) is 24.0 Å². The highest BCUT2D eigenvalue weighted by atomic mass is 32.2. The molecule has 1 aromatic heterocycles. The van der Waals surface area contributed by atoms with Gasteiger partial charge in [0.15, 0.2) is 0 Å². The number of carbonyl (C=O) groups is 1. The lowest BCUT2D eigenvalue weighted by atomic mass is 10.1. The van der Waals surface area contributed by atoms with Crippen LogP contribution < -0.4 is 5.32 Å². The molecule has 0 unspecified atom stereocenters. The van der Waals surface area contributed by atoms with E-state index in [0.717, 1.165) is 36.1 Å². The summed E-state index contributed by atoms with van der Waals surface area (Å²) in [6.07, 6.45) is 3.82. The summed E-state index contributed by atoms with van der Waals surface area (Å²) >= 11 is 1.64. The van der Waals surface area contributed by atoms with Crippen LogP contribution in [0.15, 0.2) is 40.6 Å². The Morgan fingerprint density at radius 3 is 2.50 bits per heavy atom. The van der Waals surface area contributed by atoms with E-state index in [4.69, 9.17) is 0 Å². The third-order valence-corrected chi connectivity index (χ3v) is 7.73. The quantitative estimate of drug-likeness (QED) is 0.842. The Balaban J connectivity index is 1.94. The van der Waals surface area contributed by atoms with Crippen molar-refractivity contribution in [1.29, 1.82) is 0 Å². The standard InChI is InChI=1S/C19H24N2O3S2/c1-14-11-13-25-19(14)18-6-4-3-5-12-21(18)26(23,24)17-9-7-16(8-10-17)20-15(2)22/h7-11,13,18H,3-6,12H2,1-2H3,(H,20,22)/t18-/m0/s1. The lowest BCUT2D eigenvalue weighted by Gasteiger charge is -2.29. The number of thiophene rings is 1. The fraction of sp³-hybridized carbons (Fsp3) is 0.421. The number of amides is 1. The van der Waals surface area contributed by atoms with E-state index in [0.29, 0.717) is 12.2 Å². The first kappa shape index (κ1) is 19.1. The molecule has 2 heterocycles. The summed E-state index contributed by atoms with van der Waals surface area (Å²) in [5.74, 6) is -0.179. The molecule has 5 nitrogen and oxygen atoms in total. The molecule has 0 spiro atoms. The largest absolute Gasteiger partial charge is 0.326 e. The minimum Gasteiger partial charge on any atom is -0.326 e. The van der Waals surface area contributed by atoms with Gasteiger partial charge in [-0.15, -0.1) is 11.3 Å². The molecule has 1 aliphatic rings. The summed E-state index contributed by atoms with van der Waals surface area (Å²) in [5, 5.41) is 4.70. The van der Waals surface area contributed by atoms with Crippen molar-refractivity contribution in [3.8, 4) is 0 Å². The summed E-state index contributed by atoms with van der Waals surface area (Å²) in [6, 6.07) is 8.37. The van der Waals surface area contributed by atoms with Crippen molar-refractivity contribution in [3.05, 3.63) is 46.2 Å². The van der Waals surface area contributed by atoms with Crippen LogP contribution in [0.3, 0.4) is 0 Å². The zero-order valence-corrected chi connectivity index (χ0v) is 16.7. The van der Waals surface area contributed by atoms with Crippen LogP contribution in [0, 0.1) is 6.92 Å². The summed E-state index contributed by atoms with van der Waals surface area (Å²) in [5.41, 5.74) is 1.75. The maximum absolute atomic E-state index is 13.3. The van der Waals surface area contributed by atoms with Crippen LogP contribution in [0.4, 0.5) is 5.69 Å². The highest BCUT2D eigenvalue weighted by Gasteiger charge is 2.34. The Morgan fingerprint density at radius 2 is 1.88 bits per heavy atom. The lowest BCUT2D eigenvalue weighted by molar-refractivity contribution is -0.114. The zero-order chi connectivity index (χ0) is 18.7. The lowest BCUT2D eigenvalue weighted by Crippen LogP contribution is -2.34. The van der Waals surface area contributed by atoms with Gasteiger partial charge in [0.25, 0.3) is 0 Å². The fourth-order valence-corrected chi connectivity index (χ4v) is 6.21. The highest BCUT2D eigenvalue weighted by molar-refractivity contribution is 7.89. The van der Waals surface area contributed by atoms with E-state index < -0.39 is 10.0 Å². The van der Waals surface area contributed by atoms with Gasteiger partial charge < -0.3 is 5.32 Å². The molecule has 0 saturated carbocycles. The molecule has 1 N–H and O–H groups in total. The second-order valence-electron chi connectivity index (χ2n) is 6.65. The van der Waals surface area contributed by atoms with E-state index in [9.17, 15) is 13.2 Å². The first-order chi connectivity index (χ1) is 12.4. The molecular weight excluding hydrogens is 368 g/mol. The van der Waals surface area contributed by atoms with Crippen LogP contribution in [0.2, 0.25) is 0 Å². The number of carbonyl (C=O) groups excluding carboxylic acids is 1. The van der Waals surface area contributed by atoms with Gasteiger partial charge in [0.2, 0.25) is 15.9 Å². The van der Waals surface area contributed by atoms with E-state index >= 15 is 0 Å². The number of aryl methyl sites for hydroxylation is 1. The predicted octanol–water partition coefficient (Wildman–Crippen LogP) is 4.32. The number of nitrogens with one attached hydrogen (secondary N) is 1. The monoisotopic (exact) mass is 392 g/mol. The molecule has 2 aromatic rings. The number of hydrogen-bond acceptors (Lipinski definition) is 4. The molecule has 7 heteroatoms. The van der Waals surface area contributed by atoms with E-state index in [1.165, 1.54) is 6.92 Å². The molecule has 1 aliphatic heterocycles. The fourth-order valence-electron chi connectivity index (χ4n) is 3.41. The van der Waals surface area contributed by atoms with Gasteiger partial charge in [0.05, 0.1) is 10.9 Å². The summed E-state index contributed by atoms with van der Waals surface area (Å²) in [7, 11) is -3.60. The van der Waals surface area contributed by atoms with Gasteiger partial charge in [-0.2, -0.15) is 4.31 Å². The number of hydrogen-bond donors (Lipinski definition) is 1. The van der Waals surface area contributed by atoms with Crippen LogP contribution in [-0.2, 0) is 14.8 Å². The van der Waals surface area contributed by atoms with Gasteiger partial charge in [-0.25, -0.2) is 8.42 Å². The van der Waals surface area contributed by atoms with Gasteiger partial charge in [-0.05, 0) is 61.0 Å². The molecule has 1 saturated heterocycles. The van der Waals surface area contributed by atoms with Crippen molar-refractivity contribution < 1.29 is 13.2 Å². The van der Waals surface area contributed by atoms with E-state index in [1.54, 1.807) is 39.9 Å². The summed E-state index contributed by atoms with van der Waals surface area (Å²) in [4.78, 5) is 12.6. The van der Waals surface area contributed by atoms with Crippen molar-refractivity contribution in [2.45, 2.75) is 50.5 Å². The third kappa shape index (κ3) is 4.00. The van der Waals surface area contributed by atoms with Crippen LogP contribution in [-0.4, -0.2) is 25.2 Å². The Morgan fingerprint density at radius 1 is 1.15 bits per heavy atom. The van der Waals surface area contributed by atoms with Crippen LogP contribution in [0.1, 0.15) is 49.1 Å². The van der Waals surface area contributed by atoms with Crippen molar-refractivity contribution in [1.82, 2.24) is 4.31 Å². The Hall–Kier alpha value is -1.70. The number of nitrogens with zero attached hydrogens (tertiary/aromatic N) is 1. The number of benzene rings is 1. The van der Waals surface area contributed by atoms with Crippen molar-refractivity contribution in [2.75, 3.05) is 11.9 Å². The minimum absolute atomic E-state index is 0.0995. The highest BCUT2D eigenvalue weighted by Crippen LogP contribution is 2.38. The summed E-state index contributed by atoms with van der Waals surface area (Å²) in [6.45, 7) is 4.01. The second-order valence-corrected chi connectivity index (χ2v) is 9.49. The van der Waals surface area contributed by atoms with E-state index in [1.807, 2.05) is 12.3 Å². The Labute approximate surface area is 159 Å². The molecule has 3 rings (SSSR count). The first-order valence-corrected chi connectivity index (χ1v) is 11.1. The molecule has 140 valence electrons. The molecule has 1 amide bonds. The van der Waals surface area contributed by atoms with E-state index in [-0.39, 0.29) is 16.8 Å². The van der Waals surface area contributed by atoms with Crippen LogP contribution in [0.5, 0.6) is 0 Å². The number of anilines is 1. The van der Waals surface area contributed by atoms with Gasteiger partial charge in [-0.3, -0.25) is 4.79 Å². The molecule has 0 bridgehead atoms. The summed E-state index contributed by atoms with van der Waals surface area (Å²) < 4.78 is 28.3. The molecular formula is C19H24N2O3S2. The van der Waals surface area contributed by atoms with Gasteiger partial charge >= 0.3 is 0 Å². The number of sulfonamides is 1. The molecule has 0 aliphatic carbocycles. The van der Waals surface area contributed by atoms with Crippen LogP contribution >= 0.6 is 11.3 Å². The molecule has 1 atom stereocenters. The topological polar surface area (TPSA) is 66.5 Å². The maximum Gasteiger partial charge on any atom is 0.243 e. The average molecular weight is 393 g/mol. The normalized spacial score (nSPS) is 19.1. The Kier molecular flexibility index (Phi) is 5.79. The van der Waals surface area contributed by atoms with E-state index in [2.05, 4.69) is 11.4 Å². The molecule has 0 radical (unpaired) electrons. The number of rotatable bonds is 4. The average Bonchev–Trinajstić information content (AvgIpc) is 2.87. The van der Waals surface area contributed by atoms with Crippen LogP contribution in [0.25, 0.3) is 0 Å². The maximum atomic E-state index is 13.3. The zero-order valence-electron chi connectivity index (χ0n) is 15.1. The second kappa shape index (κ2) is 7.90. The predicted molar refractivity (Wildman–Crippen MR) is 105 cm³/mol. The van der Waals surface area contributed by atoms with Crippen molar-refractivity contribution in [2.24, 2.45) is 0 Å². The van der Waals surface area contributed by atoms with Crippen molar-refractivity contribution >= 4 is 33.0 Å². The van der Waals surface area contributed by atoms with Gasteiger partial charge in [0.1, 0.15) is 0 Å². The first-order valence-electron chi connectivity index (χ1n) is 8.83. The third-order valence-electron chi connectivity index (χ3n) is 4.69. The smallest absolute Gasteiger partial charge is 0.243 e. The van der Waals surface area contributed by atoms with Gasteiger partial charge in [-0.1, -0.05) is 12.8 Å². The Bertz CT molecular complexity index is 872. The van der Waals surface area contributed by atoms with Crippen molar-refractivity contribution in [3.63, 3.8) is 0 Å². The minimum atomic E-state index is -3.60. The SMILES string of the molecule is CC(=O)Nc1ccc(S(=O)(=O)N2CCCCC[C@H]2c2sccc2C)cc1. The molecule has 1 aromatic carbocycles.